The minimum Gasteiger partial charge on any atom is -0.372 e. The molecular weight excluding hydrogens is 407 g/mol. The predicted octanol–water partition coefficient (Wildman–Crippen LogP) is 4.23. The summed E-state index contributed by atoms with van der Waals surface area (Å²) in [5, 5.41) is 4.93. The van der Waals surface area contributed by atoms with Crippen molar-refractivity contribution in [3.05, 3.63) is 47.3 Å². The topological polar surface area (TPSA) is 72.1 Å². The van der Waals surface area contributed by atoms with Crippen molar-refractivity contribution in [3.8, 4) is 0 Å². The van der Waals surface area contributed by atoms with Crippen LogP contribution in [0.15, 0.2) is 35.2 Å². The summed E-state index contributed by atoms with van der Waals surface area (Å²) in [6, 6.07) is 4.65. The molecule has 154 valence electrons. The lowest BCUT2D eigenvalue weighted by molar-refractivity contribution is -0.137. The number of ether oxygens (including phenoxy) is 1. The van der Waals surface area contributed by atoms with Gasteiger partial charge in [0.25, 0.3) is 5.92 Å². The number of nitrogens with zero attached hydrogens (tertiary/aromatic N) is 1. The summed E-state index contributed by atoms with van der Waals surface area (Å²) in [5.74, 6) is -3.17. The Balaban J connectivity index is 1.84. The van der Waals surface area contributed by atoms with E-state index in [-0.39, 0.29) is 25.1 Å². The Kier molecular flexibility index (Phi) is 5.26. The van der Waals surface area contributed by atoms with Gasteiger partial charge in [0.1, 0.15) is 11.8 Å². The molecule has 2 unspecified atom stereocenters. The van der Waals surface area contributed by atoms with Gasteiger partial charge in [-0.2, -0.15) is 27.1 Å². The number of aromatic nitrogens is 2. The molecule has 1 saturated heterocycles. The summed E-state index contributed by atoms with van der Waals surface area (Å²) in [6.07, 6.45) is -5.50. The van der Waals surface area contributed by atoms with Crippen LogP contribution in [0.1, 0.15) is 42.8 Å². The van der Waals surface area contributed by atoms with Crippen LogP contribution < -0.4 is 0 Å². The number of sulfone groups is 1. The molecule has 0 radical (unpaired) electrons. The fraction of sp³-hybridized carbons (Fsp3) is 0.471. The van der Waals surface area contributed by atoms with E-state index >= 15 is 0 Å². The van der Waals surface area contributed by atoms with Crippen LogP contribution in [0.25, 0.3) is 0 Å². The summed E-state index contributed by atoms with van der Waals surface area (Å²) < 4.78 is 96.5. The second kappa shape index (κ2) is 7.11. The molecule has 0 bridgehead atoms. The first-order valence-electron chi connectivity index (χ1n) is 8.35. The van der Waals surface area contributed by atoms with Crippen molar-refractivity contribution in [2.75, 3.05) is 6.61 Å². The highest BCUT2D eigenvalue weighted by Crippen LogP contribution is 2.36. The minimum absolute atomic E-state index is 0.0183. The Morgan fingerprint density at radius 2 is 1.89 bits per heavy atom. The average Bonchev–Trinajstić information content (AvgIpc) is 3.12. The molecule has 1 aliphatic rings. The Hall–Kier alpha value is -2.01. The van der Waals surface area contributed by atoms with Crippen LogP contribution in [-0.4, -0.2) is 30.5 Å². The molecular formula is C17H17F5N2O3S. The molecule has 2 heterocycles. The van der Waals surface area contributed by atoms with Gasteiger partial charge in [0.2, 0.25) is 0 Å². The number of rotatable bonds is 4. The van der Waals surface area contributed by atoms with Crippen molar-refractivity contribution in [2.24, 2.45) is 0 Å². The number of benzene rings is 1. The van der Waals surface area contributed by atoms with Crippen LogP contribution in [0, 0.1) is 0 Å². The summed E-state index contributed by atoms with van der Waals surface area (Å²) in [5.41, 5.74) is -1.37. The van der Waals surface area contributed by atoms with E-state index in [4.69, 9.17) is 4.74 Å². The standard InChI is InChI=1S/C17H17F5N2O3S/c1-16(18,19)15-9-13(23-24-15)14-8-12(5-6-27-14)28(25,26)11-4-2-3-10(7-11)17(20,21)22/h2-4,7,9,12,14H,5-6,8H2,1H3,(H,23,24). The van der Waals surface area contributed by atoms with Gasteiger partial charge in [0.05, 0.1) is 21.4 Å². The molecule has 0 amide bonds. The predicted molar refractivity (Wildman–Crippen MR) is 88.5 cm³/mol. The fourth-order valence-electron chi connectivity index (χ4n) is 3.03. The number of nitrogens with one attached hydrogen (secondary N) is 1. The molecule has 3 rings (SSSR count). The fourth-order valence-corrected chi connectivity index (χ4v) is 4.81. The summed E-state index contributed by atoms with van der Waals surface area (Å²) >= 11 is 0. The van der Waals surface area contributed by atoms with Crippen LogP contribution in [0.4, 0.5) is 22.0 Å². The SMILES string of the molecule is CC(F)(F)c1cc(C2CC(S(=O)(=O)c3cccc(C(F)(F)F)c3)CCO2)[nH]n1. The molecule has 1 aromatic carbocycles. The highest BCUT2D eigenvalue weighted by Gasteiger charge is 2.38. The first-order valence-corrected chi connectivity index (χ1v) is 9.90. The zero-order valence-corrected chi connectivity index (χ0v) is 15.4. The zero-order valence-electron chi connectivity index (χ0n) is 14.6. The molecule has 1 aliphatic heterocycles. The Morgan fingerprint density at radius 3 is 2.50 bits per heavy atom. The molecule has 0 saturated carbocycles. The lowest BCUT2D eigenvalue weighted by atomic mass is 10.1. The van der Waals surface area contributed by atoms with Crippen LogP contribution in [-0.2, 0) is 26.7 Å². The van der Waals surface area contributed by atoms with Crippen molar-refractivity contribution >= 4 is 9.84 Å². The highest BCUT2D eigenvalue weighted by molar-refractivity contribution is 7.92. The Bertz CT molecular complexity index is 950. The van der Waals surface area contributed by atoms with Gasteiger partial charge in [-0.3, -0.25) is 5.10 Å². The minimum atomic E-state index is -4.67. The third kappa shape index (κ3) is 4.19. The molecule has 2 aromatic rings. The molecule has 2 atom stereocenters. The maximum atomic E-state index is 13.3. The van der Waals surface area contributed by atoms with Gasteiger partial charge >= 0.3 is 6.18 Å². The first-order chi connectivity index (χ1) is 12.9. The molecule has 11 heteroatoms. The van der Waals surface area contributed by atoms with E-state index in [1.165, 1.54) is 0 Å². The summed E-state index contributed by atoms with van der Waals surface area (Å²) in [6.45, 7) is 0.694. The molecule has 5 nitrogen and oxygen atoms in total. The van der Waals surface area contributed by atoms with E-state index in [0.717, 1.165) is 24.3 Å². The quantitative estimate of drug-likeness (QED) is 0.746. The van der Waals surface area contributed by atoms with Crippen molar-refractivity contribution < 1.29 is 35.1 Å². The number of hydrogen-bond acceptors (Lipinski definition) is 4. The summed E-state index contributed by atoms with van der Waals surface area (Å²) in [7, 11) is -4.07. The van der Waals surface area contributed by atoms with Crippen LogP contribution >= 0.6 is 0 Å². The van der Waals surface area contributed by atoms with Gasteiger partial charge in [-0.1, -0.05) is 6.07 Å². The highest BCUT2D eigenvalue weighted by atomic mass is 32.2. The lowest BCUT2D eigenvalue weighted by Gasteiger charge is -2.28. The first kappa shape index (κ1) is 20.7. The number of aromatic amines is 1. The van der Waals surface area contributed by atoms with Gasteiger partial charge in [-0.25, -0.2) is 8.42 Å². The van der Waals surface area contributed by atoms with Gasteiger partial charge in [0, 0.05) is 13.5 Å². The maximum Gasteiger partial charge on any atom is 0.416 e. The van der Waals surface area contributed by atoms with Gasteiger partial charge in [0.15, 0.2) is 9.84 Å². The van der Waals surface area contributed by atoms with Crippen LogP contribution in [0.5, 0.6) is 0 Å². The van der Waals surface area contributed by atoms with Crippen molar-refractivity contribution in [3.63, 3.8) is 0 Å². The van der Waals surface area contributed by atoms with E-state index in [2.05, 4.69) is 10.2 Å². The third-order valence-corrected chi connectivity index (χ3v) is 6.78. The van der Waals surface area contributed by atoms with Gasteiger partial charge in [-0.05, 0) is 37.1 Å². The van der Waals surface area contributed by atoms with E-state index in [1.54, 1.807) is 0 Å². The molecule has 28 heavy (non-hydrogen) atoms. The van der Waals surface area contributed by atoms with E-state index in [1.807, 2.05) is 0 Å². The lowest BCUT2D eigenvalue weighted by Crippen LogP contribution is -2.31. The third-order valence-electron chi connectivity index (χ3n) is 4.56. The van der Waals surface area contributed by atoms with E-state index in [0.29, 0.717) is 13.0 Å². The van der Waals surface area contributed by atoms with Crippen molar-refractivity contribution in [2.45, 2.75) is 48.1 Å². The molecule has 1 aromatic heterocycles. The van der Waals surface area contributed by atoms with E-state index < -0.39 is 49.4 Å². The number of H-pyrrole nitrogens is 1. The monoisotopic (exact) mass is 424 g/mol. The summed E-state index contributed by atoms with van der Waals surface area (Å²) in [4.78, 5) is -0.432. The average molecular weight is 424 g/mol. The van der Waals surface area contributed by atoms with Crippen molar-refractivity contribution in [1.82, 2.24) is 10.2 Å². The number of halogens is 5. The second-order valence-corrected chi connectivity index (χ2v) is 8.90. The van der Waals surface area contributed by atoms with Crippen LogP contribution in [0.3, 0.4) is 0 Å². The second-order valence-electron chi connectivity index (χ2n) is 6.67. The maximum absolute atomic E-state index is 13.3. The number of hydrogen-bond donors (Lipinski definition) is 1. The van der Waals surface area contributed by atoms with E-state index in [9.17, 15) is 30.4 Å². The van der Waals surface area contributed by atoms with Gasteiger partial charge < -0.3 is 4.74 Å². The van der Waals surface area contributed by atoms with Crippen molar-refractivity contribution in [1.29, 1.82) is 0 Å². The number of alkyl halides is 5. The molecule has 0 aliphatic carbocycles. The Labute approximate surface area is 157 Å². The normalized spacial score (nSPS) is 21.6. The smallest absolute Gasteiger partial charge is 0.372 e. The zero-order chi connectivity index (χ0) is 20.7. The molecule has 0 spiro atoms. The molecule has 1 fully saturated rings. The Morgan fingerprint density at radius 1 is 1.18 bits per heavy atom. The van der Waals surface area contributed by atoms with Gasteiger partial charge in [-0.15, -0.1) is 0 Å². The largest absolute Gasteiger partial charge is 0.416 e. The van der Waals surface area contributed by atoms with Crippen LogP contribution in [0.2, 0.25) is 0 Å². The molecule has 1 N–H and O–H groups in total.